The molecule has 1 N–H and O–H groups in total. The first-order chi connectivity index (χ1) is 14.3. The number of carbonyl (C=O) groups excluding carboxylic acids is 1. The molecule has 0 aliphatic carbocycles. The maximum Gasteiger partial charge on any atom is 0.303 e. The molecule has 0 saturated carbocycles. The molecule has 0 aliphatic rings. The summed E-state index contributed by atoms with van der Waals surface area (Å²) in [5.41, 5.74) is 1.89. The van der Waals surface area contributed by atoms with Gasteiger partial charge in [-0.1, -0.05) is 38.1 Å². The fourth-order valence-electron chi connectivity index (χ4n) is 2.87. The number of hydrogen-bond acceptors (Lipinski definition) is 5. The van der Waals surface area contributed by atoms with E-state index in [-0.39, 0.29) is 24.5 Å². The van der Waals surface area contributed by atoms with Gasteiger partial charge < -0.3 is 19.3 Å². The van der Waals surface area contributed by atoms with Crippen LogP contribution in [0.15, 0.2) is 48.5 Å². The lowest BCUT2D eigenvalue weighted by Gasteiger charge is -2.26. The second-order valence-corrected chi connectivity index (χ2v) is 7.80. The number of carbonyl (C=O) groups is 1. The predicted octanol–water partition coefficient (Wildman–Crippen LogP) is 4.27. The van der Waals surface area contributed by atoms with Gasteiger partial charge in [0, 0.05) is 12.3 Å². The summed E-state index contributed by atoms with van der Waals surface area (Å²) < 4.78 is 28.8. The molecule has 5 nitrogen and oxygen atoms in total. The quantitative estimate of drug-likeness (QED) is 0.419. The number of aliphatic hydroxyl groups excluding tert-OH is 1. The molecule has 2 rings (SSSR count). The minimum atomic E-state index is -0.912. The number of benzene rings is 2. The predicted molar refractivity (Wildman–Crippen MR) is 114 cm³/mol. The number of ether oxygens (including phenoxy) is 3. The van der Waals surface area contributed by atoms with Gasteiger partial charge in [-0.15, -0.1) is 11.6 Å². The molecular weight excluding hydrogens is 411 g/mol. The van der Waals surface area contributed by atoms with Crippen molar-refractivity contribution in [1.29, 1.82) is 0 Å². The van der Waals surface area contributed by atoms with Crippen molar-refractivity contribution in [2.24, 2.45) is 0 Å². The number of esters is 1. The van der Waals surface area contributed by atoms with Crippen molar-refractivity contribution in [3.63, 3.8) is 0 Å². The van der Waals surface area contributed by atoms with Gasteiger partial charge in [0.2, 0.25) is 0 Å². The van der Waals surface area contributed by atoms with Gasteiger partial charge in [-0.3, -0.25) is 4.79 Å². The smallest absolute Gasteiger partial charge is 0.303 e. The summed E-state index contributed by atoms with van der Waals surface area (Å²) in [5, 5.41) is 9.49. The average molecular weight is 439 g/mol. The molecule has 7 heteroatoms. The van der Waals surface area contributed by atoms with E-state index in [4.69, 9.17) is 25.8 Å². The molecule has 0 spiro atoms. The summed E-state index contributed by atoms with van der Waals surface area (Å²) >= 11 is 5.57. The Morgan fingerprint density at radius 1 is 1.00 bits per heavy atom. The van der Waals surface area contributed by atoms with Crippen LogP contribution in [0.2, 0.25) is 0 Å². The Morgan fingerprint density at radius 2 is 1.47 bits per heavy atom. The van der Waals surface area contributed by atoms with Crippen molar-refractivity contribution >= 4 is 17.6 Å². The second kappa shape index (κ2) is 11.2. The second-order valence-electron chi connectivity index (χ2n) is 7.49. The minimum Gasteiger partial charge on any atom is -0.491 e. The number of alkyl halides is 2. The van der Waals surface area contributed by atoms with Gasteiger partial charge in [0.1, 0.15) is 37.5 Å². The molecule has 30 heavy (non-hydrogen) atoms. The van der Waals surface area contributed by atoms with Crippen LogP contribution in [-0.2, 0) is 14.9 Å². The van der Waals surface area contributed by atoms with Crippen molar-refractivity contribution in [2.75, 3.05) is 25.8 Å². The summed E-state index contributed by atoms with van der Waals surface area (Å²) in [7, 11) is 0. The highest BCUT2D eigenvalue weighted by Gasteiger charge is 2.23. The summed E-state index contributed by atoms with van der Waals surface area (Å²) in [6.45, 7) is 4.76. The molecule has 0 fully saturated rings. The van der Waals surface area contributed by atoms with Crippen molar-refractivity contribution in [1.82, 2.24) is 0 Å². The van der Waals surface area contributed by atoms with Gasteiger partial charge in [0.15, 0.2) is 6.10 Å². The van der Waals surface area contributed by atoms with Crippen LogP contribution in [-0.4, -0.2) is 49.1 Å². The molecule has 0 radical (unpaired) electrons. The topological polar surface area (TPSA) is 65.0 Å². The highest BCUT2D eigenvalue weighted by molar-refractivity contribution is 6.18. The molecule has 164 valence electrons. The molecule has 2 aromatic rings. The molecule has 0 aromatic heterocycles. The fourth-order valence-corrected chi connectivity index (χ4v) is 2.96. The molecule has 0 aliphatic heterocycles. The van der Waals surface area contributed by atoms with Crippen LogP contribution in [0.5, 0.6) is 11.5 Å². The van der Waals surface area contributed by atoms with E-state index in [0.29, 0.717) is 11.5 Å². The van der Waals surface area contributed by atoms with E-state index in [1.165, 1.54) is 6.92 Å². The first-order valence-corrected chi connectivity index (χ1v) is 10.2. The van der Waals surface area contributed by atoms with E-state index in [1.54, 1.807) is 0 Å². The van der Waals surface area contributed by atoms with E-state index in [2.05, 4.69) is 13.8 Å². The highest BCUT2D eigenvalue weighted by Crippen LogP contribution is 2.33. The lowest BCUT2D eigenvalue weighted by molar-refractivity contribution is -0.148. The Kier molecular flexibility index (Phi) is 8.93. The lowest BCUT2D eigenvalue weighted by atomic mass is 9.78. The van der Waals surface area contributed by atoms with E-state index in [9.17, 15) is 14.3 Å². The Hall–Kier alpha value is -2.31. The molecule has 0 amide bonds. The zero-order valence-corrected chi connectivity index (χ0v) is 18.2. The van der Waals surface area contributed by atoms with Gasteiger partial charge in [-0.25, -0.2) is 4.39 Å². The highest BCUT2D eigenvalue weighted by atomic mass is 35.5. The van der Waals surface area contributed by atoms with Crippen LogP contribution in [0.25, 0.3) is 0 Å². The van der Waals surface area contributed by atoms with Gasteiger partial charge in [0.05, 0.1) is 5.88 Å². The molecule has 0 bridgehead atoms. The zero-order chi connectivity index (χ0) is 22.1. The monoisotopic (exact) mass is 438 g/mol. The third kappa shape index (κ3) is 6.89. The third-order valence-electron chi connectivity index (χ3n) is 4.71. The van der Waals surface area contributed by atoms with Gasteiger partial charge in [-0.2, -0.15) is 0 Å². The molecule has 2 aromatic carbocycles. The molecular formula is C23H28ClFO5. The van der Waals surface area contributed by atoms with E-state index in [0.717, 1.165) is 11.1 Å². The van der Waals surface area contributed by atoms with Crippen molar-refractivity contribution < 1.29 is 28.5 Å². The third-order valence-corrected chi connectivity index (χ3v) is 5.07. The average Bonchev–Trinajstić information content (AvgIpc) is 2.75. The Labute approximate surface area is 181 Å². The summed E-state index contributed by atoms with van der Waals surface area (Å²) in [5.74, 6) is 0.827. The van der Waals surface area contributed by atoms with Crippen LogP contribution >= 0.6 is 11.6 Å². The molecule has 0 saturated heterocycles. The van der Waals surface area contributed by atoms with Crippen LogP contribution in [0, 0.1) is 0 Å². The first kappa shape index (κ1) is 24.0. The number of halogens is 2. The number of aliphatic hydroxyl groups is 1. The maximum absolute atomic E-state index is 12.9. The minimum absolute atomic E-state index is 0.0430. The van der Waals surface area contributed by atoms with Crippen molar-refractivity contribution in [2.45, 2.75) is 38.4 Å². The Balaban J connectivity index is 2.01. The molecule has 0 heterocycles. The van der Waals surface area contributed by atoms with E-state index < -0.39 is 24.9 Å². The normalized spacial score (nSPS) is 13.4. The maximum atomic E-state index is 12.9. The van der Waals surface area contributed by atoms with Gasteiger partial charge in [-0.05, 0) is 35.4 Å². The first-order valence-electron chi connectivity index (χ1n) is 9.70. The lowest BCUT2D eigenvalue weighted by Crippen LogP contribution is -2.26. The van der Waals surface area contributed by atoms with E-state index >= 15 is 0 Å². The Morgan fingerprint density at radius 3 is 1.87 bits per heavy atom. The Bertz CT molecular complexity index is 792. The number of hydrogen-bond donors (Lipinski definition) is 1. The summed E-state index contributed by atoms with van der Waals surface area (Å²) in [6, 6.07) is 15.2. The standard InChI is InChI=1S/C23H28ClFO5/c1-16(26)30-22(13-25)15-29-21-10-6-18(7-11-21)23(2,3)17-4-8-20(9-5-17)28-14-19(27)12-24/h4-11,19,22,27H,12-15H2,1-3H3/t19-,22-/m1/s1. The fraction of sp³-hybridized carbons (Fsp3) is 0.435. The van der Waals surface area contributed by atoms with Crippen LogP contribution in [0.4, 0.5) is 4.39 Å². The van der Waals surface area contributed by atoms with Crippen LogP contribution in [0.1, 0.15) is 31.9 Å². The van der Waals surface area contributed by atoms with Crippen molar-refractivity contribution in [3.8, 4) is 11.5 Å². The van der Waals surface area contributed by atoms with Crippen LogP contribution in [0.3, 0.4) is 0 Å². The van der Waals surface area contributed by atoms with Crippen molar-refractivity contribution in [3.05, 3.63) is 59.7 Å². The molecule has 0 unspecified atom stereocenters. The van der Waals surface area contributed by atoms with Gasteiger partial charge >= 0.3 is 5.97 Å². The van der Waals surface area contributed by atoms with Gasteiger partial charge in [0.25, 0.3) is 0 Å². The zero-order valence-electron chi connectivity index (χ0n) is 17.4. The summed E-state index contributed by atoms with van der Waals surface area (Å²) in [4.78, 5) is 10.9. The summed E-state index contributed by atoms with van der Waals surface area (Å²) in [6.07, 6.45) is -1.61. The molecule has 2 atom stereocenters. The number of rotatable bonds is 11. The van der Waals surface area contributed by atoms with E-state index in [1.807, 2.05) is 48.5 Å². The SMILES string of the molecule is CC(=O)O[C@H](CF)COc1ccc(C(C)(C)c2ccc(OC[C@H](O)CCl)cc2)cc1. The largest absolute Gasteiger partial charge is 0.491 e. The van der Waals surface area contributed by atoms with Crippen LogP contribution < -0.4 is 9.47 Å².